The summed E-state index contributed by atoms with van der Waals surface area (Å²) in [5.74, 6) is -1.21. The fraction of sp³-hybridized carbons (Fsp3) is 0.154. The molecule has 0 spiro atoms. The first-order chi connectivity index (χ1) is 9.82. The molecule has 1 aromatic carbocycles. The first-order valence-electron chi connectivity index (χ1n) is 5.88. The van der Waals surface area contributed by atoms with E-state index in [1.54, 1.807) is 37.3 Å². The summed E-state index contributed by atoms with van der Waals surface area (Å²) in [4.78, 5) is 11.8. The van der Waals surface area contributed by atoms with E-state index in [0.29, 0.717) is 14.4 Å². The van der Waals surface area contributed by atoms with E-state index in [1.807, 2.05) is 0 Å². The minimum absolute atomic E-state index is 0.115. The fourth-order valence-corrected chi connectivity index (χ4v) is 5.64. The van der Waals surface area contributed by atoms with Gasteiger partial charge >= 0.3 is 5.97 Å². The molecule has 0 saturated carbocycles. The Bertz CT molecular complexity index is 756. The number of aryl methyl sites for hydroxylation is 1. The number of anilines is 1. The zero-order valence-corrected chi connectivity index (χ0v) is 14.2. The van der Waals surface area contributed by atoms with Gasteiger partial charge in [-0.1, -0.05) is 18.2 Å². The average molecular weight is 390 g/mol. The van der Waals surface area contributed by atoms with E-state index in [-0.39, 0.29) is 4.90 Å². The molecule has 0 saturated heterocycles. The van der Waals surface area contributed by atoms with Crippen molar-refractivity contribution in [3.63, 3.8) is 0 Å². The molecule has 112 valence electrons. The Balaban J connectivity index is 2.55. The standard InChI is InChI=1S/C13H12BrNO4S2/c1-9-11(7-12(14)20-9)21(18,19)15(8-13(16)17)10-5-3-2-4-6-10/h2-7H,8H2,1H3,(H,16,17). The van der Waals surface area contributed by atoms with E-state index in [0.717, 1.165) is 4.31 Å². The zero-order chi connectivity index (χ0) is 15.6. The maximum atomic E-state index is 12.8. The number of rotatable bonds is 5. The number of carboxylic acids is 1. The predicted molar refractivity (Wildman–Crippen MR) is 85.4 cm³/mol. The van der Waals surface area contributed by atoms with E-state index in [2.05, 4.69) is 15.9 Å². The molecule has 0 fully saturated rings. The van der Waals surface area contributed by atoms with E-state index < -0.39 is 22.5 Å². The topological polar surface area (TPSA) is 74.7 Å². The van der Waals surface area contributed by atoms with Crippen LogP contribution < -0.4 is 4.31 Å². The van der Waals surface area contributed by atoms with Crippen molar-refractivity contribution >= 4 is 48.9 Å². The molecule has 0 atom stereocenters. The monoisotopic (exact) mass is 389 g/mol. The third-order valence-corrected chi connectivity index (χ3v) is 6.32. The van der Waals surface area contributed by atoms with Crippen LogP contribution in [0.1, 0.15) is 4.88 Å². The first-order valence-corrected chi connectivity index (χ1v) is 8.93. The average Bonchev–Trinajstić information content (AvgIpc) is 2.76. The zero-order valence-electron chi connectivity index (χ0n) is 11.0. The van der Waals surface area contributed by atoms with Crippen molar-refractivity contribution in [2.24, 2.45) is 0 Å². The van der Waals surface area contributed by atoms with E-state index in [1.165, 1.54) is 17.4 Å². The molecular weight excluding hydrogens is 378 g/mol. The van der Waals surface area contributed by atoms with E-state index in [9.17, 15) is 13.2 Å². The van der Waals surface area contributed by atoms with Crippen molar-refractivity contribution in [1.29, 1.82) is 0 Å². The summed E-state index contributed by atoms with van der Waals surface area (Å²) in [5, 5.41) is 9.02. The molecule has 8 heteroatoms. The van der Waals surface area contributed by atoms with Crippen LogP contribution >= 0.6 is 27.3 Å². The van der Waals surface area contributed by atoms with Crippen LogP contribution in [0.3, 0.4) is 0 Å². The highest BCUT2D eigenvalue weighted by atomic mass is 79.9. The van der Waals surface area contributed by atoms with Crippen LogP contribution in [0.5, 0.6) is 0 Å². The molecule has 0 radical (unpaired) electrons. The number of hydrogen-bond acceptors (Lipinski definition) is 4. The van der Waals surface area contributed by atoms with Crippen molar-refractivity contribution in [3.8, 4) is 0 Å². The largest absolute Gasteiger partial charge is 0.480 e. The molecule has 1 aromatic heterocycles. The van der Waals surface area contributed by atoms with Crippen molar-refractivity contribution < 1.29 is 18.3 Å². The van der Waals surface area contributed by atoms with Crippen molar-refractivity contribution in [1.82, 2.24) is 0 Å². The van der Waals surface area contributed by atoms with Gasteiger partial charge in [0, 0.05) is 4.88 Å². The summed E-state index contributed by atoms with van der Waals surface area (Å²) in [6.45, 7) is 1.06. The van der Waals surface area contributed by atoms with Crippen LogP contribution in [0.2, 0.25) is 0 Å². The number of para-hydroxylation sites is 1. The Kier molecular flexibility index (Phi) is 4.70. The second-order valence-corrected chi connectivity index (χ2v) is 8.68. The highest BCUT2D eigenvalue weighted by molar-refractivity contribution is 9.11. The third-order valence-electron chi connectivity index (χ3n) is 2.73. The molecule has 0 bridgehead atoms. The van der Waals surface area contributed by atoms with Gasteiger partial charge < -0.3 is 5.11 Å². The molecule has 5 nitrogen and oxygen atoms in total. The molecule has 1 N–H and O–H groups in total. The second-order valence-electron chi connectivity index (χ2n) is 4.21. The van der Waals surface area contributed by atoms with Gasteiger partial charge in [-0.2, -0.15) is 0 Å². The first kappa shape index (κ1) is 16.0. The number of hydrogen-bond donors (Lipinski definition) is 1. The minimum Gasteiger partial charge on any atom is -0.480 e. The number of carboxylic acid groups (broad SMARTS) is 1. The maximum absolute atomic E-state index is 12.8. The molecule has 21 heavy (non-hydrogen) atoms. The molecule has 0 amide bonds. The number of sulfonamides is 1. The SMILES string of the molecule is Cc1sc(Br)cc1S(=O)(=O)N(CC(=O)O)c1ccccc1. The Morgan fingerprint density at radius 1 is 1.33 bits per heavy atom. The molecular formula is C13H12BrNO4S2. The maximum Gasteiger partial charge on any atom is 0.324 e. The van der Waals surface area contributed by atoms with Crippen LogP contribution in [-0.2, 0) is 14.8 Å². The van der Waals surface area contributed by atoms with Crippen molar-refractivity contribution in [2.45, 2.75) is 11.8 Å². The van der Waals surface area contributed by atoms with Gasteiger partial charge in [0.25, 0.3) is 10.0 Å². The highest BCUT2D eigenvalue weighted by Gasteiger charge is 2.29. The van der Waals surface area contributed by atoms with Crippen LogP contribution in [-0.4, -0.2) is 26.0 Å². The van der Waals surface area contributed by atoms with Gasteiger partial charge in [-0.25, -0.2) is 8.42 Å². The Morgan fingerprint density at radius 3 is 2.43 bits per heavy atom. The molecule has 0 aliphatic rings. The summed E-state index contributed by atoms with van der Waals surface area (Å²) in [6.07, 6.45) is 0. The van der Waals surface area contributed by atoms with E-state index >= 15 is 0 Å². The lowest BCUT2D eigenvalue weighted by molar-refractivity contribution is -0.135. The van der Waals surface area contributed by atoms with Gasteiger partial charge in [0.1, 0.15) is 11.4 Å². The summed E-state index contributed by atoms with van der Waals surface area (Å²) in [6, 6.07) is 9.69. The van der Waals surface area contributed by atoms with Gasteiger partial charge in [-0.05, 0) is 41.1 Å². The Labute approximate surface area is 135 Å². The molecule has 0 aliphatic carbocycles. The third kappa shape index (κ3) is 3.45. The molecule has 0 unspecified atom stereocenters. The van der Waals surface area contributed by atoms with Crippen molar-refractivity contribution in [3.05, 3.63) is 45.1 Å². The van der Waals surface area contributed by atoms with Crippen LogP contribution in [0, 0.1) is 6.92 Å². The van der Waals surface area contributed by atoms with Gasteiger partial charge in [-0.3, -0.25) is 9.10 Å². The smallest absolute Gasteiger partial charge is 0.324 e. The number of aliphatic carboxylic acids is 1. The number of thiophene rings is 1. The van der Waals surface area contributed by atoms with Gasteiger partial charge in [0.15, 0.2) is 0 Å². The Hall–Kier alpha value is -1.38. The van der Waals surface area contributed by atoms with Gasteiger partial charge in [0.05, 0.1) is 9.47 Å². The number of benzene rings is 1. The quantitative estimate of drug-likeness (QED) is 0.852. The normalized spacial score (nSPS) is 11.3. The van der Waals surface area contributed by atoms with Crippen LogP contribution in [0.15, 0.2) is 45.1 Å². The predicted octanol–water partition coefficient (Wildman–Crippen LogP) is 3.10. The van der Waals surface area contributed by atoms with Gasteiger partial charge in [-0.15, -0.1) is 11.3 Å². The molecule has 2 aromatic rings. The number of nitrogens with zero attached hydrogens (tertiary/aromatic N) is 1. The molecule has 0 aliphatic heterocycles. The van der Waals surface area contributed by atoms with Crippen molar-refractivity contribution in [2.75, 3.05) is 10.8 Å². The lowest BCUT2D eigenvalue weighted by Crippen LogP contribution is -2.35. The van der Waals surface area contributed by atoms with Crippen LogP contribution in [0.4, 0.5) is 5.69 Å². The summed E-state index contributed by atoms with van der Waals surface area (Å²) in [5.41, 5.74) is 0.321. The fourth-order valence-electron chi connectivity index (χ4n) is 1.84. The lowest BCUT2D eigenvalue weighted by atomic mass is 10.3. The lowest BCUT2D eigenvalue weighted by Gasteiger charge is -2.22. The number of halogens is 1. The van der Waals surface area contributed by atoms with Crippen LogP contribution in [0.25, 0.3) is 0 Å². The molecule has 2 rings (SSSR count). The number of carbonyl (C=O) groups is 1. The molecule has 1 heterocycles. The summed E-state index contributed by atoms with van der Waals surface area (Å²) < 4.78 is 27.1. The van der Waals surface area contributed by atoms with E-state index in [4.69, 9.17) is 5.11 Å². The minimum atomic E-state index is -3.93. The summed E-state index contributed by atoms with van der Waals surface area (Å²) in [7, 11) is -3.93. The highest BCUT2D eigenvalue weighted by Crippen LogP contribution is 2.33. The second kappa shape index (κ2) is 6.17. The Morgan fingerprint density at radius 2 is 1.95 bits per heavy atom. The summed E-state index contributed by atoms with van der Waals surface area (Å²) >= 11 is 4.54. The van der Waals surface area contributed by atoms with Gasteiger partial charge in [0.2, 0.25) is 0 Å².